The predicted octanol–water partition coefficient (Wildman–Crippen LogP) is 2.49. The zero-order chi connectivity index (χ0) is 19.2. The number of hydrogen-bond acceptors (Lipinski definition) is 4. The number of carbonyl (C=O) groups excluding carboxylic acids is 1. The second-order valence-electron chi connectivity index (χ2n) is 5.87. The fraction of sp³-hybridized carbons (Fsp3) is 0.150. The number of benzene rings is 2. The zero-order valence-corrected chi connectivity index (χ0v) is 14.7. The Hall–Kier alpha value is -3.48. The van der Waals surface area contributed by atoms with Crippen molar-refractivity contribution in [1.29, 1.82) is 0 Å². The Kier molecular flexibility index (Phi) is 5.61. The lowest BCUT2D eigenvalue weighted by Gasteiger charge is -2.09. The molecule has 0 aliphatic heterocycles. The molecule has 1 heterocycles. The molecule has 1 amide bonds. The maximum Gasteiger partial charge on any atom is 0.271 e. The second kappa shape index (κ2) is 8.27. The summed E-state index contributed by atoms with van der Waals surface area (Å²) in [4.78, 5) is 24.2. The highest BCUT2D eigenvalue weighted by atomic mass is 19.1. The predicted molar refractivity (Wildman–Crippen MR) is 98.8 cm³/mol. The van der Waals surface area contributed by atoms with Crippen molar-refractivity contribution in [3.8, 4) is 11.4 Å². The molecule has 3 aromatic rings. The van der Waals surface area contributed by atoms with Gasteiger partial charge >= 0.3 is 0 Å². The molecule has 0 saturated heterocycles. The average Bonchev–Trinajstić information content (AvgIpc) is 2.66. The van der Waals surface area contributed by atoms with Gasteiger partial charge in [0.25, 0.3) is 11.5 Å². The summed E-state index contributed by atoms with van der Waals surface area (Å²) in [6.07, 6.45) is 0. The SMILES string of the molecule is Cc1cccc(OCCNC(=O)c2ccc(=O)n(-c3ccc(F)cc3)n2)c1. The van der Waals surface area contributed by atoms with Crippen molar-refractivity contribution in [2.75, 3.05) is 13.2 Å². The number of hydrogen-bond donors (Lipinski definition) is 1. The monoisotopic (exact) mass is 367 g/mol. The van der Waals surface area contributed by atoms with Gasteiger partial charge in [-0.1, -0.05) is 12.1 Å². The minimum atomic E-state index is -0.432. The van der Waals surface area contributed by atoms with Crippen molar-refractivity contribution in [3.63, 3.8) is 0 Å². The molecule has 2 aromatic carbocycles. The molecule has 7 heteroatoms. The molecular weight excluding hydrogens is 349 g/mol. The van der Waals surface area contributed by atoms with E-state index in [9.17, 15) is 14.0 Å². The van der Waals surface area contributed by atoms with Gasteiger partial charge in [0.05, 0.1) is 12.2 Å². The van der Waals surface area contributed by atoms with E-state index >= 15 is 0 Å². The Balaban J connectivity index is 1.62. The van der Waals surface area contributed by atoms with E-state index in [2.05, 4.69) is 10.4 Å². The molecule has 0 spiro atoms. The Labute approximate surface area is 155 Å². The molecule has 0 bridgehead atoms. The van der Waals surface area contributed by atoms with Gasteiger partial charge in [-0.2, -0.15) is 9.78 Å². The van der Waals surface area contributed by atoms with E-state index in [0.29, 0.717) is 12.3 Å². The van der Waals surface area contributed by atoms with Crippen LogP contribution in [0.2, 0.25) is 0 Å². The molecule has 0 aliphatic carbocycles. The largest absolute Gasteiger partial charge is 0.492 e. The standard InChI is InChI=1S/C20H18FN3O3/c1-14-3-2-4-17(13-14)27-12-11-22-20(26)18-9-10-19(25)24(23-18)16-7-5-15(21)6-8-16/h2-10,13H,11-12H2,1H3,(H,22,26). The Morgan fingerprint density at radius 2 is 1.93 bits per heavy atom. The van der Waals surface area contributed by atoms with Crippen LogP contribution in [0.25, 0.3) is 5.69 Å². The van der Waals surface area contributed by atoms with E-state index in [1.807, 2.05) is 31.2 Å². The van der Waals surface area contributed by atoms with E-state index in [1.54, 1.807) is 0 Å². The molecule has 0 radical (unpaired) electrons. The van der Waals surface area contributed by atoms with Crippen molar-refractivity contribution < 1.29 is 13.9 Å². The van der Waals surface area contributed by atoms with Crippen molar-refractivity contribution in [2.24, 2.45) is 0 Å². The van der Waals surface area contributed by atoms with Gasteiger partial charge in [-0.3, -0.25) is 9.59 Å². The van der Waals surface area contributed by atoms with Crippen LogP contribution in [0.15, 0.2) is 65.5 Å². The minimum absolute atomic E-state index is 0.0782. The molecule has 0 fully saturated rings. The molecule has 0 saturated carbocycles. The Bertz CT molecular complexity index is 1000. The van der Waals surface area contributed by atoms with E-state index in [4.69, 9.17) is 4.74 Å². The van der Waals surface area contributed by atoms with Gasteiger partial charge in [-0.25, -0.2) is 4.39 Å². The van der Waals surface area contributed by atoms with Crippen LogP contribution >= 0.6 is 0 Å². The van der Waals surface area contributed by atoms with E-state index < -0.39 is 17.3 Å². The summed E-state index contributed by atoms with van der Waals surface area (Å²) in [7, 11) is 0. The van der Waals surface area contributed by atoms with Gasteiger partial charge in [0.1, 0.15) is 23.9 Å². The summed E-state index contributed by atoms with van der Waals surface area (Å²) in [5.74, 6) is -0.125. The maximum atomic E-state index is 13.0. The second-order valence-corrected chi connectivity index (χ2v) is 5.87. The zero-order valence-electron chi connectivity index (χ0n) is 14.7. The first-order valence-corrected chi connectivity index (χ1v) is 8.37. The van der Waals surface area contributed by atoms with Gasteiger partial charge in [0.2, 0.25) is 0 Å². The smallest absolute Gasteiger partial charge is 0.271 e. The number of ether oxygens (including phenoxy) is 1. The van der Waals surface area contributed by atoms with Gasteiger partial charge in [0.15, 0.2) is 0 Å². The number of aryl methyl sites for hydroxylation is 1. The van der Waals surface area contributed by atoms with Gasteiger partial charge in [-0.05, 0) is 55.0 Å². The molecule has 0 aliphatic rings. The summed E-state index contributed by atoms with van der Waals surface area (Å²) in [5, 5.41) is 6.74. The van der Waals surface area contributed by atoms with Gasteiger partial charge < -0.3 is 10.1 Å². The quantitative estimate of drug-likeness (QED) is 0.680. The van der Waals surface area contributed by atoms with E-state index in [-0.39, 0.29) is 12.2 Å². The first-order chi connectivity index (χ1) is 13.0. The summed E-state index contributed by atoms with van der Waals surface area (Å²) in [6.45, 7) is 2.55. The summed E-state index contributed by atoms with van der Waals surface area (Å²) in [5.41, 5.74) is 1.12. The number of aromatic nitrogens is 2. The molecule has 6 nitrogen and oxygen atoms in total. The number of nitrogens with zero attached hydrogens (tertiary/aromatic N) is 2. The molecule has 3 rings (SSSR count). The normalized spacial score (nSPS) is 10.4. The van der Waals surface area contributed by atoms with Crippen LogP contribution in [0, 0.1) is 12.7 Å². The number of rotatable bonds is 6. The molecule has 1 N–H and O–H groups in total. The van der Waals surface area contributed by atoms with Gasteiger partial charge in [-0.15, -0.1) is 0 Å². The van der Waals surface area contributed by atoms with Crippen LogP contribution in [0.3, 0.4) is 0 Å². The minimum Gasteiger partial charge on any atom is -0.492 e. The number of halogens is 1. The fourth-order valence-corrected chi connectivity index (χ4v) is 2.43. The van der Waals surface area contributed by atoms with Crippen LogP contribution in [-0.4, -0.2) is 28.8 Å². The van der Waals surface area contributed by atoms with Gasteiger partial charge in [0, 0.05) is 6.07 Å². The first-order valence-electron chi connectivity index (χ1n) is 8.37. The lowest BCUT2D eigenvalue weighted by molar-refractivity contribution is 0.0940. The fourth-order valence-electron chi connectivity index (χ4n) is 2.43. The highest BCUT2D eigenvalue weighted by molar-refractivity contribution is 5.92. The topological polar surface area (TPSA) is 73.2 Å². The molecule has 27 heavy (non-hydrogen) atoms. The molecular formula is C20H18FN3O3. The van der Waals surface area contributed by atoms with Crippen LogP contribution in [0.1, 0.15) is 16.1 Å². The molecule has 1 aromatic heterocycles. The van der Waals surface area contributed by atoms with Crippen molar-refractivity contribution in [3.05, 3.63) is 88.1 Å². The molecule has 0 atom stereocenters. The average molecular weight is 367 g/mol. The van der Waals surface area contributed by atoms with Crippen LogP contribution in [-0.2, 0) is 0 Å². The molecule has 0 unspecified atom stereocenters. The maximum absolute atomic E-state index is 13.0. The Morgan fingerprint density at radius 1 is 1.15 bits per heavy atom. The number of nitrogens with one attached hydrogen (secondary N) is 1. The summed E-state index contributed by atoms with van der Waals surface area (Å²) >= 11 is 0. The van der Waals surface area contributed by atoms with Crippen LogP contribution in [0.5, 0.6) is 5.75 Å². The Morgan fingerprint density at radius 3 is 2.67 bits per heavy atom. The van der Waals surface area contributed by atoms with Crippen molar-refractivity contribution >= 4 is 5.91 Å². The lowest BCUT2D eigenvalue weighted by atomic mass is 10.2. The van der Waals surface area contributed by atoms with Crippen molar-refractivity contribution in [1.82, 2.24) is 15.1 Å². The third-order valence-electron chi connectivity index (χ3n) is 3.75. The van der Waals surface area contributed by atoms with Crippen LogP contribution < -0.4 is 15.6 Å². The third kappa shape index (κ3) is 4.78. The molecule has 138 valence electrons. The van der Waals surface area contributed by atoms with E-state index in [1.165, 1.54) is 36.4 Å². The number of carbonyl (C=O) groups is 1. The van der Waals surface area contributed by atoms with Crippen LogP contribution in [0.4, 0.5) is 4.39 Å². The highest BCUT2D eigenvalue weighted by Gasteiger charge is 2.10. The first kappa shape index (κ1) is 18.3. The lowest BCUT2D eigenvalue weighted by Crippen LogP contribution is -2.31. The summed E-state index contributed by atoms with van der Waals surface area (Å²) in [6, 6.07) is 15.5. The van der Waals surface area contributed by atoms with Crippen molar-refractivity contribution in [2.45, 2.75) is 6.92 Å². The van der Waals surface area contributed by atoms with E-state index in [0.717, 1.165) is 16.0 Å². The number of amides is 1. The third-order valence-corrected chi connectivity index (χ3v) is 3.75. The summed E-state index contributed by atoms with van der Waals surface area (Å²) < 4.78 is 19.7. The highest BCUT2D eigenvalue weighted by Crippen LogP contribution is 2.11.